The van der Waals surface area contributed by atoms with Crippen molar-refractivity contribution >= 4 is 17.8 Å². The van der Waals surface area contributed by atoms with Gasteiger partial charge in [-0.05, 0) is 22.3 Å². The number of carbonyl (C=O) groups is 3. The third-order valence-corrected chi connectivity index (χ3v) is 7.70. The number of barbiturate groups is 1. The van der Waals surface area contributed by atoms with E-state index in [0.717, 1.165) is 0 Å². The molecule has 4 aromatic rings. The molecule has 1 aliphatic rings. The Bertz CT molecular complexity index is 1320. The number of benzene rings is 4. The van der Waals surface area contributed by atoms with Gasteiger partial charge in [-0.2, -0.15) is 0 Å². The summed E-state index contributed by atoms with van der Waals surface area (Å²) in [4.78, 5) is 50.8. The molecule has 1 heterocycles. The van der Waals surface area contributed by atoms with Gasteiger partial charge < -0.3 is 0 Å². The number of amides is 4. The summed E-state index contributed by atoms with van der Waals surface area (Å²) >= 11 is 0. The molecule has 9 nitrogen and oxygen atoms in total. The van der Waals surface area contributed by atoms with Crippen molar-refractivity contribution in [3.63, 3.8) is 0 Å². The van der Waals surface area contributed by atoms with Gasteiger partial charge >= 0.3 is 6.03 Å². The van der Waals surface area contributed by atoms with Gasteiger partial charge in [-0.1, -0.05) is 121 Å². The third-order valence-electron chi connectivity index (χ3n) is 7.70. The zero-order valence-electron chi connectivity index (χ0n) is 21.9. The van der Waals surface area contributed by atoms with Gasteiger partial charge in [0, 0.05) is 12.8 Å². The van der Waals surface area contributed by atoms with Gasteiger partial charge in [0.2, 0.25) is 11.8 Å². The molecule has 5 rings (SSSR count). The van der Waals surface area contributed by atoms with E-state index in [1.54, 1.807) is 121 Å². The second kappa shape index (κ2) is 11.4. The molecule has 208 valence electrons. The van der Waals surface area contributed by atoms with Crippen LogP contribution in [0.15, 0.2) is 121 Å². The molecular formula is C32H28N2O7. The molecule has 1 aliphatic heterocycles. The fraction of sp³-hybridized carbons (Fsp3) is 0.156. The van der Waals surface area contributed by atoms with E-state index in [1.807, 2.05) is 0 Å². The maximum absolute atomic E-state index is 14.0. The number of nitrogens with one attached hydrogen (secondary N) is 2. The highest BCUT2D eigenvalue weighted by Gasteiger charge is 2.61. The van der Waals surface area contributed by atoms with Gasteiger partial charge in [0.15, 0.2) is 11.2 Å². The average Bonchev–Trinajstić information content (AvgIpc) is 3.03. The molecule has 0 aromatic heterocycles. The topological polar surface area (TPSA) is 134 Å². The first-order valence-corrected chi connectivity index (χ1v) is 12.9. The molecule has 0 aliphatic carbocycles. The second-order valence-electron chi connectivity index (χ2n) is 9.97. The smallest absolute Gasteiger partial charge is 0.277 e. The quantitative estimate of drug-likeness (QED) is 0.124. The number of urea groups is 1. The van der Waals surface area contributed by atoms with Gasteiger partial charge in [-0.15, -0.1) is 0 Å². The summed E-state index contributed by atoms with van der Waals surface area (Å²) < 4.78 is 0. The lowest BCUT2D eigenvalue weighted by Gasteiger charge is -2.45. The summed E-state index contributed by atoms with van der Waals surface area (Å²) in [5.41, 5.74) is -3.86. The number of hydrogen-bond donors (Lipinski definition) is 4. The largest absolute Gasteiger partial charge is 0.328 e. The highest BCUT2D eigenvalue weighted by Crippen LogP contribution is 2.51. The first kappa shape index (κ1) is 27.9. The summed E-state index contributed by atoms with van der Waals surface area (Å²) in [6.07, 6.45) is -0.944. The highest BCUT2D eigenvalue weighted by atomic mass is 17.1. The molecular weight excluding hydrogens is 524 g/mol. The maximum Gasteiger partial charge on any atom is 0.328 e. The van der Waals surface area contributed by atoms with Gasteiger partial charge in [-0.25, -0.2) is 14.6 Å². The number of imide groups is 2. The lowest BCUT2D eigenvalue weighted by atomic mass is 9.63. The Hall–Kier alpha value is -4.67. The summed E-state index contributed by atoms with van der Waals surface area (Å²) in [5, 5.41) is 25.7. The van der Waals surface area contributed by atoms with E-state index in [4.69, 9.17) is 9.78 Å². The van der Waals surface area contributed by atoms with E-state index >= 15 is 0 Å². The van der Waals surface area contributed by atoms with Crippen LogP contribution in [-0.2, 0) is 30.6 Å². The van der Waals surface area contributed by atoms with Gasteiger partial charge in [0.1, 0.15) is 5.41 Å². The molecule has 4 N–H and O–H groups in total. The fourth-order valence-electron chi connectivity index (χ4n) is 5.66. The zero-order chi connectivity index (χ0) is 28.9. The van der Waals surface area contributed by atoms with Crippen molar-refractivity contribution in [1.82, 2.24) is 10.6 Å². The Balaban J connectivity index is 1.78. The minimum absolute atomic E-state index is 0.445. The Kier molecular flexibility index (Phi) is 7.78. The lowest BCUT2D eigenvalue weighted by molar-refractivity contribution is -0.332. The number of rotatable bonds is 10. The Morgan fingerprint density at radius 3 is 1.02 bits per heavy atom. The Morgan fingerprint density at radius 1 is 0.512 bits per heavy atom. The molecule has 4 aromatic carbocycles. The van der Waals surface area contributed by atoms with Gasteiger partial charge in [-0.3, -0.25) is 30.7 Å². The van der Waals surface area contributed by atoms with Crippen molar-refractivity contribution in [2.24, 2.45) is 5.41 Å². The van der Waals surface area contributed by atoms with Crippen LogP contribution in [0.2, 0.25) is 0 Å². The lowest BCUT2D eigenvalue weighted by Crippen LogP contribution is -2.65. The summed E-state index contributed by atoms with van der Waals surface area (Å²) in [5.74, 6) is -1.87. The van der Waals surface area contributed by atoms with Crippen molar-refractivity contribution in [2.45, 2.75) is 24.0 Å². The van der Waals surface area contributed by atoms with Crippen molar-refractivity contribution in [3.8, 4) is 0 Å². The van der Waals surface area contributed by atoms with E-state index in [1.165, 1.54) is 0 Å². The standard InChI is InChI=1S/C32H28N2O7/c35-27-30(28(36)34-29(37)33-27,21-31(40-38,23-13-5-1-6-14-23)24-15-7-2-8-16-24)22-32(41-39,25-17-9-3-10-18-25)26-19-11-4-12-20-26/h1-20,38-39H,21-22H2,(H2,33,34,35,36,37). The van der Waals surface area contributed by atoms with E-state index in [9.17, 15) is 24.9 Å². The molecule has 41 heavy (non-hydrogen) atoms. The van der Waals surface area contributed by atoms with Crippen LogP contribution in [0.25, 0.3) is 0 Å². The maximum atomic E-state index is 14.0. The minimum Gasteiger partial charge on any atom is -0.277 e. The van der Waals surface area contributed by atoms with E-state index in [0.29, 0.717) is 22.3 Å². The van der Waals surface area contributed by atoms with Crippen LogP contribution in [0.3, 0.4) is 0 Å². The molecule has 0 saturated carbocycles. The summed E-state index contributed by atoms with van der Waals surface area (Å²) in [7, 11) is 0. The Labute approximate surface area is 236 Å². The monoisotopic (exact) mass is 552 g/mol. The predicted molar refractivity (Wildman–Crippen MR) is 148 cm³/mol. The first-order chi connectivity index (χ1) is 19.9. The molecule has 1 saturated heterocycles. The van der Waals surface area contributed by atoms with Crippen LogP contribution in [-0.4, -0.2) is 28.4 Å². The summed E-state index contributed by atoms with van der Waals surface area (Å²) in [6.45, 7) is 0. The third kappa shape index (κ3) is 4.92. The fourth-order valence-corrected chi connectivity index (χ4v) is 5.66. The molecule has 0 unspecified atom stereocenters. The van der Waals surface area contributed by atoms with Crippen LogP contribution in [0.1, 0.15) is 35.1 Å². The van der Waals surface area contributed by atoms with Crippen LogP contribution >= 0.6 is 0 Å². The van der Waals surface area contributed by atoms with Crippen molar-refractivity contribution in [1.29, 1.82) is 0 Å². The predicted octanol–water partition coefficient (Wildman–Crippen LogP) is 4.99. The molecule has 9 heteroatoms. The molecule has 4 amide bonds. The van der Waals surface area contributed by atoms with Crippen LogP contribution in [0.4, 0.5) is 4.79 Å². The van der Waals surface area contributed by atoms with Crippen LogP contribution < -0.4 is 10.6 Å². The number of hydrogen-bond acceptors (Lipinski definition) is 7. The average molecular weight is 553 g/mol. The molecule has 0 bridgehead atoms. The summed E-state index contributed by atoms with van der Waals surface area (Å²) in [6, 6.07) is 33.6. The van der Waals surface area contributed by atoms with E-state index in [2.05, 4.69) is 10.6 Å². The minimum atomic E-state index is -2.13. The van der Waals surface area contributed by atoms with Gasteiger partial charge in [0.25, 0.3) is 0 Å². The molecule has 1 fully saturated rings. The zero-order valence-corrected chi connectivity index (χ0v) is 21.9. The Morgan fingerprint density at radius 2 is 0.780 bits per heavy atom. The normalized spacial score (nSPS) is 15.2. The van der Waals surface area contributed by atoms with E-state index < -0.39 is 47.3 Å². The van der Waals surface area contributed by atoms with Gasteiger partial charge in [0.05, 0.1) is 0 Å². The molecule has 0 radical (unpaired) electrons. The van der Waals surface area contributed by atoms with Crippen molar-refractivity contribution in [3.05, 3.63) is 144 Å². The van der Waals surface area contributed by atoms with E-state index in [-0.39, 0.29) is 0 Å². The van der Waals surface area contributed by atoms with Crippen LogP contribution in [0.5, 0.6) is 0 Å². The van der Waals surface area contributed by atoms with Crippen molar-refractivity contribution in [2.75, 3.05) is 0 Å². The first-order valence-electron chi connectivity index (χ1n) is 12.9. The van der Waals surface area contributed by atoms with Crippen LogP contribution in [0, 0.1) is 5.41 Å². The second-order valence-corrected chi connectivity index (χ2v) is 9.97. The van der Waals surface area contributed by atoms with Crippen molar-refractivity contribution < 1.29 is 34.7 Å². The SMILES string of the molecule is O=C1NC(=O)C(CC(OO)(c2ccccc2)c2ccccc2)(CC(OO)(c2ccccc2)c2ccccc2)C(=O)N1. The molecule has 0 atom stereocenters. The highest BCUT2D eigenvalue weighted by molar-refractivity contribution is 6.19. The number of carbonyl (C=O) groups excluding carboxylic acids is 3. The molecule has 0 spiro atoms.